The molecule has 8 aromatic carbocycles. The lowest BCUT2D eigenvalue weighted by molar-refractivity contribution is 0.631. The number of rotatable bonds is 4. The van der Waals surface area contributed by atoms with Gasteiger partial charge in [0.2, 0.25) is 0 Å². The van der Waals surface area contributed by atoms with Crippen LogP contribution in [-0.4, -0.2) is 0 Å². The molecular formula is C46H27NOS2. The van der Waals surface area contributed by atoms with E-state index < -0.39 is 0 Å². The van der Waals surface area contributed by atoms with Crippen LogP contribution in [0.2, 0.25) is 0 Å². The summed E-state index contributed by atoms with van der Waals surface area (Å²) in [6.45, 7) is 0. The maximum atomic E-state index is 6.23. The van der Waals surface area contributed by atoms with Crippen molar-refractivity contribution in [1.29, 1.82) is 0 Å². The minimum Gasteiger partial charge on any atom is -0.456 e. The third-order valence-corrected chi connectivity index (χ3v) is 12.3. The molecule has 3 heterocycles. The number of anilines is 3. The number of para-hydroxylation sites is 1. The smallest absolute Gasteiger partial charge is 0.135 e. The lowest BCUT2D eigenvalue weighted by atomic mass is 10.0. The van der Waals surface area contributed by atoms with Crippen molar-refractivity contribution in [3.05, 3.63) is 164 Å². The Morgan fingerprint density at radius 1 is 0.380 bits per heavy atom. The highest BCUT2D eigenvalue weighted by Crippen LogP contribution is 2.45. The molecule has 0 aliphatic rings. The number of fused-ring (bicyclic) bond motifs is 11. The number of hydrogen-bond acceptors (Lipinski definition) is 4. The molecule has 11 rings (SSSR count). The molecule has 0 aliphatic heterocycles. The molecule has 0 fully saturated rings. The van der Waals surface area contributed by atoms with Crippen molar-refractivity contribution in [2.75, 3.05) is 4.90 Å². The summed E-state index contributed by atoms with van der Waals surface area (Å²) >= 11 is 3.74. The van der Waals surface area contributed by atoms with Crippen molar-refractivity contribution < 1.29 is 4.42 Å². The standard InChI is InChI=1S/C46H27NOS2/c1-4-10-35-28(7-1)15-23-41-45(35)37-21-19-33(26-43(37)49-41)47(32-17-13-30(14-18-32)40-25-31-9-3-6-12-39(31)48-40)34-20-22-38-44(27-34)50-42-24-16-29-8-2-5-11-36(29)46(38)42/h1-27H. The summed E-state index contributed by atoms with van der Waals surface area (Å²) in [4.78, 5) is 2.40. The minimum absolute atomic E-state index is 0.877. The van der Waals surface area contributed by atoms with E-state index in [1.807, 2.05) is 40.9 Å². The van der Waals surface area contributed by atoms with Crippen LogP contribution in [0.5, 0.6) is 0 Å². The Morgan fingerprint density at radius 3 is 1.48 bits per heavy atom. The molecule has 0 bridgehead atoms. The molecule has 0 spiro atoms. The van der Waals surface area contributed by atoms with E-state index in [-0.39, 0.29) is 0 Å². The van der Waals surface area contributed by atoms with Crippen molar-refractivity contribution in [2.24, 2.45) is 0 Å². The largest absolute Gasteiger partial charge is 0.456 e. The van der Waals surface area contributed by atoms with Crippen LogP contribution < -0.4 is 4.90 Å². The van der Waals surface area contributed by atoms with Crippen molar-refractivity contribution in [2.45, 2.75) is 0 Å². The van der Waals surface area contributed by atoms with Gasteiger partial charge in [0.05, 0.1) is 0 Å². The van der Waals surface area contributed by atoms with E-state index in [4.69, 9.17) is 4.42 Å². The maximum absolute atomic E-state index is 6.23. The van der Waals surface area contributed by atoms with E-state index >= 15 is 0 Å². The highest BCUT2D eigenvalue weighted by molar-refractivity contribution is 7.26. The summed E-state index contributed by atoms with van der Waals surface area (Å²) in [5, 5.41) is 11.6. The normalized spacial score (nSPS) is 12.0. The zero-order valence-corrected chi connectivity index (χ0v) is 28.4. The Balaban J connectivity index is 1.09. The lowest BCUT2D eigenvalue weighted by Crippen LogP contribution is -2.09. The molecule has 0 aliphatic carbocycles. The number of thiophene rings is 2. The van der Waals surface area contributed by atoms with Gasteiger partial charge < -0.3 is 9.32 Å². The lowest BCUT2D eigenvalue weighted by Gasteiger charge is -2.26. The second-order valence-electron chi connectivity index (χ2n) is 12.9. The van der Waals surface area contributed by atoms with Crippen LogP contribution in [0.1, 0.15) is 0 Å². The molecule has 0 unspecified atom stereocenters. The summed E-state index contributed by atoms with van der Waals surface area (Å²) in [7, 11) is 0. The van der Waals surface area contributed by atoms with Gasteiger partial charge in [0.25, 0.3) is 0 Å². The van der Waals surface area contributed by atoms with E-state index in [0.29, 0.717) is 0 Å². The SMILES string of the molecule is c1ccc2oc(-c3ccc(N(c4ccc5c(c4)sc4ccc6ccccc6c45)c4ccc5c(c4)sc4ccc6ccccc6c45)cc3)cc2c1. The summed E-state index contributed by atoms with van der Waals surface area (Å²) in [5.41, 5.74) is 5.33. The number of hydrogen-bond donors (Lipinski definition) is 0. The van der Waals surface area contributed by atoms with Gasteiger partial charge in [0.1, 0.15) is 11.3 Å². The van der Waals surface area contributed by atoms with E-state index in [1.54, 1.807) is 0 Å². The van der Waals surface area contributed by atoms with Crippen LogP contribution in [-0.2, 0) is 0 Å². The van der Waals surface area contributed by atoms with Crippen LogP contribution >= 0.6 is 22.7 Å². The van der Waals surface area contributed by atoms with Gasteiger partial charge in [-0.3, -0.25) is 0 Å². The Kier molecular flexibility index (Phi) is 6.03. The zero-order chi connectivity index (χ0) is 32.8. The predicted molar refractivity (Wildman–Crippen MR) is 217 cm³/mol. The predicted octanol–water partition coefficient (Wildman–Crippen LogP) is 14.6. The summed E-state index contributed by atoms with van der Waals surface area (Å²) in [5.74, 6) is 0.877. The molecule has 0 atom stereocenters. The third kappa shape index (κ3) is 4.26. The van der Waals surface area contributed by atoms with E-state index in [0.717, 1.165) is 39.4 Å². The molecule has 0 saturated heterocycles. The minimum atomic E-state index is 0.877. The third-order valence-electron chi connectivity index (χ3n) is 10.0. The molecule has 4 heteroatoms. The summed E-state index contributed by atoms with van der Waals surface area (Å²) < 4.78 is 11.4. The topological polar surface area (TPSA) is 16.4 Å². The summed E-state index contributed by atoms with van der Waals surface area (Å²) in [6.07, 6.45) is 0. The van der Waals surface area contributed by atoms with Gasteiger partial charge in [-0.25, -0.2) is 0 Å². The quantitative estimate of drug-likeness (QED) is 0.185. The fraction of sp³-hybridized carbons (Fsp3) is 0. The molecule has 3 aromatic heterocycles. The molecule has 234 valence electrons. The molecular weight excluding hydrogens is 647 g/mol. The van der Waals surface area contributed by atoms with Crippen LogP contribution in [0.3, 0.4) is 0 Å². The van der Waals surface area contributed by atoms with Gasteiger partial charge in [0.15, 0.2) is 0 Å². The fourth-order valence-electron chi connectivity index (χ4n) is 7.69. The van der Waals surface area contributed by atoms with Gasteiger partial charge in [-0.2, -0.15) is 0 Å². The van der Waals surface area contributed by atoms with Crippen LogP contribution in [0.4, 0.5) is 17.1 Å². The molecule has 0 radical (unpaired) electrons. The molecule has 0 amide bonds. The van der Waals surface area contributed by atoms with Gasteiger partial charge in [-0.05, 0) is 94.3 Å². The van der Waals surface area contributed by atoms with E-state index in [9.17, 15) is 0 Å². The Bertz CT molecular complexity index is 2920. The second-order valence-corrected chi connectivity index (χ2v) is 15.1. The molecule has 50 heavy (non-hydrogen) atoms. The Morgan fingerprint density at radius 2 is 0.900 bits per heavy atom. The zero-order valence-electron chi connectivity index (χ0n) is 26.8. The van der Waals surface area contributed by atoms with Crippen molar-refractivity contribution >= 4 is 113 Å². The second kappa shape index (κ2) is 10.8. The first kappa shape index (κ1) is 28.0. The first-order chi connectivity index (χ1) is 24.7. The number of benzene rings is 8. The molecule has 0 N–H and O–H groups in total. The van der Waals surface area contributed by atoms with Crippen molar-refractivity contribution in [3.63, 3.8) is 0 Å². The first-order valence-electron chi connectivity index (χ1n) is 16.8. The van der Waals surface area contributed by atoms with Crippen LogP contribution in [0, 0.1) is 0 Å². The van der Waals surface area contributed by atoms with Crippen LogP contribution in [0.15, 0.2) is 168 Å². The highest BCUT2D eigenvalue weighted by Gasteiger charge is 2.18. The maximum Gasteiger partial charge on any atom is 0.135 e. The van der Waals surface area contributed by atoms with Gasteiger partial charge in [-0.1, -0.05) is 91.0 Å². The van der Waals surface area contributed by atoms with Gasteiger partial charge >= 0.3 is 0 Å². The van der Waals surface area contributed by atoms with Crippen LogP contribution in [0.25, 0.3) is 84.2 Å². The summed E-state index contributed by atoms with van der Waals surface area (Å²) in [6, 6.07) is 59.5. The van der Waals surface area contributed by atoms with Crippen molar-refractivity contribution in [1.82, 2.24) is 0 Å². The fourth-order valence-corrected chi connectivity index (χ4v) is 10.0. The monoisotopic (exact) mass is 673 g/mol. The Labute approximate surface area is 295 Å². The molecule has 11 aromatic rings. The number of nitrogens with zero attached hydrogens (tertiary/aromatic N) is 1. The Hall–Kier alpha value is -5.94. The average molecular weight is 674 g/mol. The molecule has 0 saturated carbocycles. The number of furan rings is 1. The van der Waals surface area contributed by atoms with Gasteiger partial charge in [0, 0.05) is 68.4 Å². The average Bonchev–Trinajstić information content (AvgIpc) is 3.88. The van der Waals surface area contributed by atoms with E-state index in [2.05, 4.69) is 150 Å². The van der Waals surface area contributed by atoms with Gasteiger partial charge in [-0.15, -0.1) is 22.7 Å². The van der Waals surface area contributed by atoms with Crippen molar-refractivity contribution in [3.8, 4) is 11.3 Å². The molecule has 2 nitrogen and oxygen atoms in total. The first-order valence-corrected chi connectivity index (χ1v) is 18.5. The van der Waals surface area contributed by atoms with E-state index in [1.165, 1.54) is 61.9 Å². The highest BCUT2D eigenvalue weighted by atomic mass is 32.1.